The van der Waals surface area contributed by atoms with Crippen molar-refractivity contribution in [3.63, 3.8) is 0 Å². The van der Waals surface area contributed by atoms with E-state index in [1.807, 2.05) is 0 Å². The Hall–Kier alpha value is -0.630. The first-order chi connectivity index (χ1) is 7.02. The Kier molecular flexibility index (Phi) is 2.72. The number of hydrogen-bond acceptors (Lipinski definition) is 1. The minimum Gasteiger partial charge on any atom is -0.299 e. The normalized spacial score (nSPS) is 17.5. The number of benzene rings is 1. The van der Waals surface area contributed by atoms with Gasteiger partial charge >= 0.3 is 0 Å². The molecule has 1 nitrogen and oxygen atoms in total. The first kappa shape index (κ1) is 10.9. The highest BCUT2D eigenvalue weighted by Gasteiger charge is 2.46. The van der Waals surface area contributed by atoms with Gasteiger partial charge in [-0.05, 0) is 56.4 Å². The average Bonchev–Trinajstić information content (AvgIpc) is 2.83. The molecule has 0 heterocycles. The van der Waals surface area contributed by atoms with Crippen molar-refractivity contribution < 1.29 is 4.79 Å². The fourth-order valence-electron chi connectivity index (χ4n) is 2.11. The van der Waals surface area contributed by atoms with Crippen LogP contribution in [0.4, 0.5) is 0 Å². The number of halogens is 1. The molecular weight excluding hydrogens is 252 g/mol. The van der Waals surface area contributed by atoms with Crippen LogP contribution in [0.25, 0.3) is 0 Å². The van der Waals surface area contributed by atoms with E-state index >= 15 is 0 Å². The Labute approximate surface area is 99.0 Å². The van der Waals surface area contributed by atoms with E-state index in [2.05, 4.69) is 41.1 Å². The molecule has 0 aliphatic heterocycles. The van der Waals surface area contributed by atoms with Crippen molar-refractivity contribution in [2.45, 2.75) is 33.1 Å². The van der Waals surface area contributed by atoms with Gasteiger partial charge in [0.1, 0.15) is 5.78 Å². The zero-order valence-electron chi connectivity index (χ0n) is 9.14. The summed E-state index contributed by atoms with van der Waals surface area (Å²) in [6.07, 6.45) is 3.03. The molecule has 0 N–H and O–H groups in total. The minimum absolute atomic E-state index is 0.0206. The molecule has 0 bridgehead atoms. The van der Waals surface area contributed by atoms with Gasteiger partial charge in [-0.1, -0.05) is 22.0 Å². The smallest absolute Gasteiger partial charge is 0.136 e. The Morgan fingerprint density at radius 3 is 2.53 bits per heavy atom. The van der Waals surface area contributed by atoms with Crippen LogP contribution in [0.1, 0.15) is 30.9 Å². The van der Waals surface area contributed by atoms with Crippen LogP contribution in [0.3, 0.4) is 0 Å². The Morgan fingerprint density at radius 1 is 1.40 bits per heavy atom. The predicted molar refractivity (Wildman–Crippen MR) is 64.9 cm³/mol. The summed E-state index contributed by atoms with van der Waals surface area (Å²) >= 11 is 3.49. The van der Waals surface area contributed by atoms with Gasteiger partial charge in [0, 0.05) is 9.89 Å². The summed E-state index contributed by atoms with van der Waals surface area (Å²) in [7, 11) is 0. The maximum atomic E-state index is 11.5. The highest BCUT2D eigenvalue weighted by atomic mass is 79.9. The van der Waals surface area contributed by atoms with Crippen LogP contribution in [0, 0.1) is 12.3 Å². The second-order valence-corrected chi connectivity index (χ2v) is 5.57. The molecule has 0 aromatic heterocycles. The molecule has 2 heteroatoms. The van der Waals surface area contributed by atoms with Crippen molar-refractivity contribution in [1.29, 1.82) is 0 Å². The zero-order valence-corrected chi connectivity index (χ0v) is 10.7. The molecule has 0 unspecified atom stereocenters. The average molecular weight is 267 g/mol. The van der Waals surface area contributed by atoms with Gasteiger partial charge in [-0.15, -0.1) is 0 Å². The van der Waals surface area contributed by atoms with Gasteiger partial charge in [-0.3, -0.25) is 4.79 Å². The van der Waals surface area contributed by atoms with Crippen LogP contribution in [0.5, 0.6) is 0 Å². The van der Waals surface area contributed by atoms with E-state index in [1.54, 1.807) is 6.92 Å². The van der Waals surface area contributed by atoms with E-state index in [0.29, 0.717) is 5.78 Å². The van der Waals surface area contributed by atoms with Crippen LogP contribution in [-0.4, -0.2) is 5.78 Å². The summed E-state index contributed by atoms with van der Waals surface area (Å²) in [5.41, 5.74) is 2.50. The standard InChI is InChI=1S/C13H15BrO/c1-9-5-11(7-12(14)6-9)8-13(3-4-13)10(2)15/h5-7H,3-4,8H2,1-2H3. The minimum atomic E-state index is -0.0206. The largest absolute Gasteiger partial charge is 0.299 e. The summed E-state index contributed by atoms with van der Waals surface area (Å²) in [4.78, 5) is 11.5. The van der Waals surface area contributed by atoms with Crippen molar-refractivity contribution in [3.05, 3.63) is 33.8 Å². The van der Waals surface area contributed by atoms with Crippen molar-refractivity contribution in [3.8, 4) is 0 Å². The number of ketones is 1. The number of carbonyl (C=O) groups excluding carboxylic acids is 1. The van der Waals surface area contributed by atoms with Gasteiger partial charge in [0.2, 0.25) is 0 Å². The Bertz CT molecular complexity index is 385. The predicted octanol–water partition coefficient (Wildman–Crippen LogP) is 3.67. The van der Waals surface area contributed by atoms with Gasteiger partial charge in [0.05, 0.1) is 0 Å². The van der Waals surface area contributed by atoms with E-state index in [9.17, 15) is 4.79 Å². The van der Waals surface area contributed by atoms with Gasteiger partial charge in [0.15, 0.2) is 0 Å². The van der Waals surface area contributed by atoms with Gasteiger partial charge in [0.25, 0.3) is 0 Å². The molecule has 1 aromatic carbocycles. The van der Waals surface area contributed by atoms with Crippen LogP contribution < -0.4 is 0 Å². The van der Waals surface area contributed by atoms with Gasteiger partial charge in [-0.25, -0.2) is 0 Å². The molecule has 1 fully saturated rings. The second-order valence-electron chi connectivity index (χ2n) is 4.65. The maximum Gasteiger partial charge on any atom is 0.136 e. The summed E-state index contributed by atoms with van der Waals surface area (Å²) in [6, 6.07) is 6.39. The molecular formula is C13H15BrO. The van der Waals surface area contributed by atoms with Crippen LogP contribution >= 0.6 is 15.9 Å². The number of rotatable bonds is 3. The summed E-state index contributed by atoms with van der Waals surface area (Å²) in [5.74, 6) is 0.347. The molecule has 1 aliphatic carbocycles. The van der Waals surface area contributed by atoms with E-state index in [0.717, 1.165) is 23.7 Å². The van der Waals surface area contributed by atoms with Crippen molar-refractivity contribution in [1.82, 2.24) is 0 Å². The van der Waals surface area contributed by atoms with Crippen LogP contribution in [0.15, 0.2) is 22.7 Å². The molecule has 1 aliphatic rings. The fourth-order valence-corrected chi connectivity index (χ4v) is 2.76. The zero-order chi connectivity index (χ0) is 11.1. The summed E-state index contributed by atoms with van der Waals surface area (Å²) in [6.45, 7) is 3.81. The molecule has 0 atom stereocenters. The third-order valence-electron chi connectivity index (χ3n) is 3.24. The lowest BCUT2D eigenvalue weighted by molar-refractivity contribution is -0.121. The maximum absolute atomic E-state index is 11.5. The number of hydrogen-bond donors (Lipinski definition) is 0. The SMILES string of the molecule is CC(=O)C1(Cc2cc(C)cc(Br)c2)CC1. The van der Waals surface area contributed by atoms with E-state index in [1.165, 1.54) is 11.1 Å². The molecule has 2 rings (SSSR count). The summed E-state index contributed by atoms with van der Waals surface area (Å²) in [5, 5.41) is 0. The topological polar surface area (TPSA) is 17.1 Å². The van der Waals surface area contributed by atoms with E-state index in [4.69, 9.17) is 0 Å². The Balaban J connectivity index is 2.21. The summed E-state index contributed by atoms with van der Waals surface area (Å²) < 4.78 is 1.11. The fraction of sp³-hybridized carbons (Fsp3) is 0.462. The molecule has 80 valence electrons. The Morgan fingerprint density at radius 2 is 2.07 bits per heavy atom. The molecule has 0 spiro atoms. The number of carbonyl (C=O) groups is 1. The van der Waals surface area contributed by atoms with Crippen LogP contribution in [-0.2, 0) is 11.2 Å². The lowest BCUT2D eigenvalue weighted by atomic mass is 9.92. The van der Waals surface area contributed by atoms with E-state index in [-0.39, 0.29) is 5.41 Å². The molecule has 1 aromatic rings. The highest BCUT2D eigenvalue weighted by molar-refractivity contribution is 9.10. The molecule has 15 heavy (non-hydrogen) atoms. The van der Waals surface area contributed by atoms with Crippen LogP contribution in [0.2, 0.25) is 0 Å². The lowest BCUT2D eigenvalue weighted by Gasteiger charge is -2.12. The molecule has 0 saturated heterocycles. The van der Waals surface area contributed by atoms with Gasteiger partial charge < -0.3 is 0 Å². The lowest BCUT2D eigenvalue weighted by Crippen LogP contribution is -2.14. The first-order valence-electron chi connectivity index (χ1n) is 5.29. The van der Waals surface area contributed by atoms with Crippen molar-refractivity contribution >= 4 is 21.7 Å². The van der Waals surface area contributed by atoms with E-state index < -0.39 is 0 Å². The molecule has 0 radical (unpaired) electrons. The third-order valence-corrected chi connectivity index (χ3v) is 3.70. The molecule has 0 amide bonds. The number of Topliss-reactive ketones (excluding diaryl/α,β-unsaturated/α-hetero) is 1. The molecule has 1 saturated carbocycles. The first-order valence-corrected chi connectivity index (χ1v) is 6.08. The quantitative estimate of drug-likeness (QED) is 0.816. The van der Waals surface area contributed by atoms with Crippen molar-refractivity contribution in [2.24, 2.45) is 5.41 Å². The van der Waals surface area contributed by atoms with Crippen molar-refractivity contribution in [2.75, 3.05) is 0 Å². The third kappa shape index (κ3) is 2.31. The number of aryl methyl sites for hydroxylation is 1. The second kappa shape index (κ2) is 3.75. The van der Waals surface area contributed by atoms with Gasteiger partial charge in [-0.2, -0.15) is 0 Å². The highest BCUT2D eigenvalue weighted by Crippen LogP contribution is 2.49. The monoisotopic (exact) mass is 266 g/mol.